The molecule has 144 valence electrons. The Morgan fingerprint density at radius 1 is 0.962 bits per heavy atom. The summed E-state index contributed by atoms with van der Waals surface area (Å²) in [4.78, 5) is 44.6. The fourth-order valence-electron chi connectivity index (χ4n) is 2.13. The van der Waals surface area contributed by atoms with E-state index in [1.807, 2.05) is 0 Å². The van der Waals surface area contributed by atoms with Gasteiger partial charge in [0.1, 0.15) is 0 Å². The van der Waals surface area contributed by atoms with Crippen LogP contribution in [0, 0.1) is 20.2 Å². The lowest BCUT2D eigenvalue weighted by atomic mass is 9.89. The molecule has 0 heterocycles. The van der Waals surface area contributed by atoms with Gasteiger partial charge in [0.25, 0.3) is 23.9 Å². The summed E-state index contributed by atoms with van der Waals surface area (Å²) in [5.74, 6) is -2.39. The minimum atomic E-state index is -2.18. The second-order valence-electron chi connectivity index (χ2n) is 5.87. The van der Waals surface area contributed by atoms with E-state index in [1.54, 1.807) is 0 Å². The summed E-state index contributed by atoms with van der Waals surface area (Å²) in [5, 5.41) is 29.7. The van der Waals surface area contributed by atoms with Gasteiger partial charge in [0.2, 0.25) is 11.1 Å². The molecule has 0 bridgehead atoms. The van der Waals surface area contributed by atoms with Crippen molar-refractivity contribution >= 4 is 11.8 Å². The minimum Gasteiger partial charge on any atom is -0.367 e. The number of primary amides is 2. The van der Waals surface area contributed by atoms with E-state index < -0.39 is 44.8 Å². The summed E-state index contributed by atoms with van der Waals surface area (Å²) in [6.07, 6.45) is 1.83. The third-order valence-corrected chi connectivity index (χ3v) is 4.05. The van der Waals surface area contributed by atoms with Crippen molar-refractivity contribution in [3.63, 3.8) is 0 Å². The Balaban J connectivity index is 6.31. The zero-order valence-electron chi connectivity index (χ0n) is 14.5. The molecule has 0 aliphatic carbocycles. The number of rotatable bonds is 12. The molecule has 0 aliphatic rings. The maximum Gasteiger partial charge on any atom is 0.254 e. The molecule has 0 saturated heterocycles. The fourth-order valence-corrected chi connectivity index (χ4v) is 2.13. The van der Waals surface area contributed by atoms with Gasteiger partial charge in [0, 0.05) is 22.7 Å². The largest absolute Gasteiger partial charge is 0.367 e. The lowest BCUT2D eigenvalue weighted by Gasteiger charge is -2.27. The van der Waals surface area contributed by atoms with Crippen LogP contribution in [-0.2, 0) is 9.59 Å². The Labute approximate surface area is 149 Å². The van der Waals surface area contributed by atoms with Crippen LogP contribution in [-0.4, -0.2) is 44.8 Å². The van der Waals surface area contributed by atoms with Crippen molar-refractivity contribution in [1.82, 2.24) is 0 Å². The van der Waals surface area contributed by atoms with Crippen LogP contribution in [0.15, 0.2) is 35.5 Å². The molecule has 12 heteroatoms. The molecule has 0 aromatic rings. The van der Waals surface area contributed by atoms with Crippen molar-refractivity contribution in [2.75, 3.05) is 0 Å². The van der Waals surface area contributed by atoms with Crippen molar-refractivity contribution in [2.24, 2.45) is 21.7 Å². The van der Waals surface area contributed by atoms with Crippen LogP contribution < -0.4 is 11.5 Å². The first kappa shape index (κ1) is 22.8. The first-order chi connectivity index (χ1) is 11.9. The summed E-state index contributed by atoms with van der Waals surface area (Å²) in [6.45, 7) is 8.83. The van der Waals surface area contributed by atoms with Crippen molar-refractivity contribution in [3.05, 3.63) is 45.5 Å². The highest BCUT2D eigenvalue weighted by Gasteiger charge is 2.52. The maximum atomic E-state index is 11.8. The quantitative estimate of drug-likeness (QED) is 0.215. The van der Waals surface area contributed by atoms with Gasteiger partial charge in [0.15, 0.2) is 0 Å². The molecule has 0 rings (SSSR count). The summed E-state index contributed by atoms with van der Waals surface area (Å²) >= 11 is 0. The predicted molar refractivity (Wildman–Crippen MR) is 91.2 cm³/mol. The minimum absolute atomic E-state index is 0.274. The molecule has 2 amide bonds. The lowest BCUT2D eigenvalue weighted by Crippen LogP contribution is -2.55. The fraction of sp³-hybridized carbons (Fsp3) is 0.571. The third kappa shape index (κ3) is 4.68. The molecule has 4 N–H and O–H groups in total. The monoisotopic (exact) mass is 370 g/mol. The standard InChI is InChI=1S/C14H22N6O6/c1-5-7-9(19(23)24)13(3,11(15)21)17-18-14(4,12(16)22)10(8-6-2)20(25)26/h5-6,9-10H,1-2,7-8H2,3-4H3,(H2,15,21)(H2,16,22). The Kier molecular flexibility index (Phi) is 7.71. The van der Waals surface area contributed by atoms with Crippen LogP contribution in [0.5, 0.6) is 0 Å². The van der Waals surface area contributed by atoms with Gasteiger partial charge in [0.05, 0.1) is 0 Å². The number of nitrogens with two attached hydrogens (primary N) is 2. The molecular formula is C14H22N6O6. The van der Waals surface area contributed by atoms with Crippen LogP contribution in [0.25, 0.3) is 0 Å². The van der Waals surface area contributed by atoms with Gasteiger partial charge >= 0.3 is 0 Å². The summed E-state index contributed by atoms with van der Waals surface area (Å²) < 4.78 is 0. The number of amides is 2. The number of azo groups is 1. The molecule has 0 aromatic carbocycles. The Morgan fingerprint density at radius 3 is 1.38 bits per heavy atom. The van der Waals surface area contributed by atoms with E-state index >= 15 is 0 Å². The summed E-state index contributed by atoms with van der Waals surface area (Å²) in [6, 6.07) is -3.27. The number of nitro groups is 2. The molecule has 0 saturated carbocycles. The van der Waals surface area contributed by atoms with Crippen LogP contribution in [0.2, 0.25) is 0 Å². The predicted octanol–water partition coefficient (Wildman–Crippen LogP) is 0.369. The first-order valence-corrected chi connectivity index (χ1v) is 7.41. The topological polar surface area (TPSA) is 197 Å². The highest BCUT2D eigenvalue weighted by molar-refractivity contribution is 5.86. The average Bonchev–Trinajstić information content (AvgIpc) is 2.54. The van der Waals surface area contributed by atoms with Crippen LogP contribution in [0.1, 0.15) is 26.7 Å². The zero-order valence-corrected chi connectivity index (χ0v) is 14.5. The van der Waals surface area contributed by atoms with Gasteiger partial charge in [-0.25, -0.2) is 0 Å². The first-order valence-electron chi connectivity index (χ1n) is 7.41. The van der Waals surface area contributed by atoms with Crippen LogP contribution in [0.4, 0.5) is 0 Å². The van der Waals surface area contributed by atoms with E-state index in [-0.39, 0.29) is 12.8 Å². The molecule has 0 spiro atoms. The van der Waals surface area contributed by atoms with E-state index in [2.05, 4.69) is 23.4 Å². The number of hydrogen-bond acceptors (Lipinski definition) is 8. The van der Waals surface area contributed by atoms with Gasteiger partial charge < -0.3 is 11.5 Å². The Hall–Kier alpha value is -3.18. The molecule has 4 unspecified atom stereocenters. The van der Waals surface area contributed by atoms with Gasteiger partial charge in [-0.05, 0) is 13.8 Å². The van der Waals surface area contributed by atoms with Gasteiger partial charge in [-0.1, -0.05) is 12.2 Å². The highest BCUT2D eigenvalue weighted by Crippen LogP contribution is 2.27. The Bertz CT molecular complexity index is 596. The molecule has 0 fully saturated rings. The number of nitrogens with zero attached hydrogens (tertiary/aromatic N) is 4. The molecule has 4 atom stereocenters. The molecule has 0 radical (unpaired) electrons. The van der Waals surface area contributed by atoms with E-state index in [4.69, 9.17) is 11.5 Å². The maximum absolute atomic E-state index is 11.8. The van der Waals surface area contributed by atoms with Gasteiger partial charge in [-0.15, -0.1) is 13.2 Å². The second kappa shape index (κ2) is 8.78. The summed E-state index contributed by atoms with van der Waals surface area (Å²) in [7, 11) is 0. The smallest absolute Gasteiger partial charge is 0.254 e. The van der Waals surface area contributed by atoms with Crippen molar-refractivity contribution in [1.29, 1.82) is 0 Å². The van der Waals surface area contributed by atoms with E-state index in [0.717, 1.165) is 13.8 Å². The van der Waals surface area contributed by atoms with E-state index in [1.165, 1.54) is 12.2 Å². The van der Waals surface area contributed by atoms with Crippen LogP contribution >= 0.6 is 0 Å². The van der Waals surface area contributed by atoms with E-state index in [9.17, 15) is 29.8 Å². The van der Waals surface area contributed by atoms with E-state index in [0.29, 0.717) is 0 Å². The molecule has 26 heavy (non-hydrogen) atoms. The molecule has 0 aliphatic heterocycles. The second-order valence-corrected chi connectivity index (χ2v) is 5.87. The number of carbonyl (C=O) groups excluding carboxylic acids is 2. The number of carbonyl (C=O) groups is 2. The van der Waals surface area contributed by atoms with Crippen molar-refractivity contribution < 1.29 is 19.4 Å². The van der Waals surface area contributed by atoms with Gasteiger partial charge in [-0.2, -0.15) is 10.2 Å². The number of hydrogen-bond donors (Lipinski definition) is 2. The lowest BCUT2D eigenvalue weighted by molar-refractivity contribution is -0.531. The molecule has 0 aromatic heterocycles. The van der Waals surface area contributed by atoms with Gasteiger partial charge in [-0.3, -0.25) is 29.8 Å². The zero-order chi connectivity index (χ0) is 20.7. The highest BCUT2D eigenvalue weighted by atomic mass is 16.6. The molecule has 12 nitrogen and oxygen atoms in total. The van der Waals surface area contributed by atoms with Crippen LogP contribution in [0.3, 0.4) is 0 Å². The van der Waals surface area contributed by atoms with Crippen molar-refractivity contribution in [3.8, 4) is 0 Å². The molecular weight excluding hydrogens is 348 g/mol. The average molecular weight is 370 g/mol. The Morgan fingerprint density at radius 2 is 1.23 bits per heavy atom. The third-order valence-electron chi connectivity index (χ3n) is 4.05. The SMILES string of the molecule is C=CCC([N+](=O)[O-])C(C)(N=NC(C)(C(N)=O)C(CC=C)[N+](=O)[O-])C(N)=O. The summed E-state index contributed by atoms with van der Waals surface area (Å²) in [5.41, 5.74) is 6.13. The van der Waals surface area contributed by atoms with Crippen molar-refractivity contribution in [2.45, 2.75) is 49.9 Å². The normalized spacial score (nSPS) is 18.1.